The van der Waals surface area contributed by atoms with Crippen LogP contribution in [0, 0.1) is 11.8 Å². The number of nitrogens with zero attached hydrogens (tertiary/aromatic N) is 1. The van der Waals surface area contributed by atoms with E-state index in [-0.39, 0.29) is 17.0 Å². The molecule has 4 N–H and O–H groups in total. The maximum absolute atomic E-state index is 14.6. The molecule has 0 amide bonds. The summed E-state index contributed by atoms with van der Waals surface area (Å²) in [6.45, 7) is 9.78. The van der Waals surface area contributed by atoms with Crippen molar-refractivity contribution in [3.8, 4) is 0 Å². The summed E-state index contributed by atoms with van der Waals surface area (Å²) >= 11 is 4.44. The molecule has 2 rings (SSSR count). The molecule has 3 atom stereocenters. The highest BCUT2D eigenvalue weighted by atomic mass is 32.1. The highest BCUT2D eigenvalue weighted by Gasteiger charge is 2.29. The second-order valence-corrected chi connectivity index (χ2v) is 7.43. The molecule has 0 saturated heterocycles. The number of thiol groups is 1. The quantitative estimate of drug-likeness (QED) is 0.326. The van der Waals surface area contributed by atoms with Gasteiger partial charge in [0.05, 0.1) is 11.6 Å². The molecule has 0 saturated carbocycles. The van der Waals surface area contributed by atoms with Gasteiger partial charge in [0, 0.05) is 17.1 Å². The summed E-state index contributed by atoms with van der Waals surface area (Å²) in [6, 6.07) is 7.97. The van der Waals surface area contributed by atoms with Crippen LogP contribution in [0.3, 0.4) is 0 Å². The number of hydrogen-bond acceptors (Lipinski definition) is 4. The Hall–Kier alpha value is -1.98. The van der Waals surface area contributed by atoms with Gasteiger partial charge in [-0.15, -0.1) is 0 Å². The summed E-state index contributed by atoms with van der Waals surface area (Å²) in [7, 11) is 0. The fraction of sp³-hybridized carbons (Fsp3) is 0.391. The van der Waals surface area contributed by atoms with Crippen molar-refractivity contribution in [2.24, 2.45) is 23.4 Å². The van der Waals surface area contributed by atoms with Crippen LogP contribution in [0.4, 0.5) is 10.1 Å². The summed E-state index contributed by atoms with van der Waals surface area (Å²) in [4.78, 5) is 0. The number of hydrogen-bond donors (Lipinski definition) is 3. The zero-order valence-corrected chi connectivity index (χ0v) is 18.5. The van der Waals surface area contributed by atoms with Crippen molar-refractivity contribution in [1.29, 1.82) is 0 Å². The third kappa shape index (κ3) is 6.28. The second kappa shape index (κ2) is 11.8. The van der Waals surface area contributed by atoms with Crippen LogP contribution in [-0.2, 0) is 6.42 Å². The molecule has 1 aromatic rings. The molecule has 3 nitrogen and oxygen atoms in total. The highest BCUT2D eigenvalue weighted by Crippen LogP contribution is 2.35. The summed E-state index contributed by atoms with van der Waals surface area (Å²) < 4.78 is 14.6. The van der Waals surface area contributed by atoms with E-state index in [1.54, 1.807) is 17.3 Å². The molecule has 3 unspecified atom stereocenters. The normalized spacial score (nSPS) is 20.8. The SMILES string of the molecule is C/C=C\N(N)c1ccc(CC2C=CC=C(F)C2/C(N)=C(/C)C(C)S)cc1.CC. The average Bonchev–Trinajstić information content (AvgIpc) is 2.69. The third-order valence-corrected chi connectivity index (χ3v) is 5.16. The van der Waals surface area contributed by atoms with E-state index in [4.69, 9.17) is 11.6 Å². The molecule has 1 aliphatic rings. The molecule has 28 heavy (non-hydrogen) atoms. The number of hydrazine groups is 1. The van der Waals surface area contributed by atoms with Gasteiger partial charge >= 0.3 is 0 Å². The lowest BCUT2D eigenvalue weighted by molar-refractivity contribution is 0.406. The van der Waals surface area contributed by atoms with Crippen LogP contribution in [0.5, 0.6) is 0 Å². The van der Waals surface area contributed by atoms with Crippen LogP contribution < -0.4 is 16.6 Å². The van der Waals surface area contributed by atoms with E-state index in [2.05, 4.69) is 12.6 Å². The average molecular weight is 404 g/mol. The zero-order chi connectivity index (χ0) is 21.3. The monoisotopic (exact) mass is 403 g/mol. The number of allylic oxidation sites excluding steroid dienone is 5. The van der Waals surface area contributed by atoms with Gasteiger partial charge in [0.2, 0.25) is 0 Å². The van der Waals surface area contributed by atoms with Gasteiger partial charge in [-0.2, -0.15) is 12.6 Å². The van der Waals surface area contributed by atoms with Gasteiger partial charge in [-0.1, -0.05) is 44.2 Å². The van der Waals surface area contributed by atoms with Crippen molar-refractivity contribution >= 4 is 18.3 Å². The molecule has 0 heterocycles. The molecule has 5 heteroatoms. The lowest BCUT2D eigenvalue weighted by Crippen LogP contribution is -2.27. The first-order chi connectivity index (χ1) is 13.3. The number of rotatable bonds is 6. The summed E-state index contributed by atoms with van der Waals surface area (Å²) in [5.41, 5.74) is 9.81. The van der Waals surface area contributed by atoms with E-state index in [9.17, 15) is 4.39 Å². The van der Waals surface area contributed by atoms with Crippen molar-refractivity contribution in [3.63, 3.8) is 0 Å². The Morgan fingerprint density at radius 1 is 1.29 bits per heavy atom. The Bertz CT molecular complexity index is 733. The van der Waals surface area contributed by atoms with Gasteiger partial charge in [0.15, 0.2) is 0 Å². The highest BCUT2D eigenvalue weighted by molar-refractivity contribution is 7.81. The van der Waals surface area contributed by atoms with Crippen molar-refractivity contribution in [3.05, 3.63) is 77.4 Å². The van der Waals surface area contributed by atoms with Crippen LogP contribution in [0.15, 0.2) is 71.9 Å². The van der Waals surface area contributed by atoms with Crippen LogP contribution in [0.25, 0.3) is 0 Å². The molecule has 0 aliphatic heterocycles. The first-order valence-electron chi connectivity index (χ1n) is 9.79. The first kappa shape index (κ1) is 24.1. The maximum atomic E-state index is 14.6. The fourth-order valence-electron chi connectivity index (χ4n) is 3.08. The van der Waals surface area contributed by atoms with Gasteiger partial charge in [0.1, 0.15) is 5.83 Å². The molecule has 1 aliphatic carbocycles. The first-order valence-corrected chi connectivity index (χ1v) is 10.3. The minimum atomic E-state index is -0.441. The summed E-state index contributed by atoms with van der Waals surface area (Å²) in [5, 5.41) is 1.56. The van der Waals surface area contributed by atoms with Crippen molar-refractivity contribution < 1.29 is 4.39 Å². The predicted octanol–water partition coefficient (Wildman–Crippen LogP) is 5.68. The van der Waals surface area contributed by atoms with E-state index in [0.29, 0.717) is 12.1 Å². The number of anilines is 1. The summed E-state index contributed by atoms with van der Waals surface area (Å²) in [6.07, 6.45) is 9.66. The Morgan fingerprint density at radius 3 is 2.43 bits per heavy atom. The van der Waals surface area contributed by atoms with Gasteiger partial charge in [0.25, 0.3) is 0 Å². The Labute approximate surface area is 175 Å². The molecule has 0 fully saturated rings. The van der Waals surface area contributed by atoms with Crippen molar-refractivity contribution in [2.75, 3.05) is 5.01 Å². The Morgan fingerprint density at radius 2 is 1.89 bits per heavy atom. The number of halogens is 1. The largest absolute Gasteiger partial charge is 0.401 e. The van der Waals surface area contributed by atoms with E-state index in [1.807, 2.05) is 71.0 Å². The topological polar surface area (TPSA) is 55.3 Å². The van der Waals surface area contributed by atoms with Gasteiger partial charge < -0.3 is 5.73 Å². The molecular weight excluding hydrogens is 369 g/mol. The fourth-order valence-corrected chi connectivity index (χ4v) is 3.23. The third-order valence-electron chi connectivity index (χ3n) is 4.77. The van der Waals surface area contributed by atoms with Crippen LogP contribution in [0.2, 0.25) is 0 Å². The van der Waals surface area contributed by atoms with Crippen LogP contribution in [0.1, 0.15) is 40.2 Å². The molecule has 154 valence electrons. The van der Waals surface area contributed by atoms with E-state index >= 15 is 0 Å². The summed E-state index contributed by atoms with van der Waals surface area (Å²) in [5.74, 6) is 5.26. The zero-order valence-electron chi connectivity index (χ0n) is 17.6. The van der Waals surface area contributed by atoms with Crippen molar-refractivity contribution in [1.82, 2.24) is 0 Å². The molecule has 0 spiro atoms. The molecular formula is C23H34FN3S. The standard InChI is InChI=1S/C21H28FN3S.C2H6/c1-4-12-25(24)18-10-8-16(9-11-18)13-17-6-5-7-19(22)20(17)21(23)14(2)15(3)26;1-2/h4-12,15,17,20,26H,13,23-24H2,1-3H3;1-2H3/b12-4-,21-14+;. The lowest BCUT2D eigenvalue weighted by Gasteiger charge is -2.28. The lowest BCUT2D eigenvalue weighted by atomic mass is 9.79. The maximum Gasteiger partial charge on any atom is 0.109 e. The number of nitrogens with two attached hydrogens (primary N) is 2. The van der Waals surface area contributed by atoms with Gasteiger partial charge in [-0.05, 0) is 62.5 Å². The molecule has 0 radical (unpaired) electrons. The number of benzene rings is 1. The minimum absolute atomic E-state index is 0.00389. The smallest absolute Gasteiger partial charge is 0.109 e. The van der Waals surface area contributed by atoms with Crippen molar-refractivity contribution in [2.45, 2.75) is 46.3 Å². The molecule has 1 aromatic carbocycles. The van der Waals surface area contributed by atoms with Gasteiger partial charge in [-0.3, -0.25) is 5.01 Å². The minimum Gasteiger partial charge on any atom is -0.401 e. The second-order valence-electron chi connectivity index (χ2n) is 6.65. The predicted molar refractivity (Wildman–Crippen MR) is 124 cm³/mol. The molecule has 0 bridgehead atoms. The van der Waals surface area contributed by atoms with Crippen LogP contribution in [-0.4, -0.2) is 5.25 Å². The van der Waals surface area contributed by atoms with Gasteiger partial charge in [-0.25, -0.2) is 10.2 Å². The Balaban J connectivity index is 0.00000190. The van der Waals surface area contributed by atoms with E-state index < -0.39 is 5.92 Å². The Kier molecular flexibility index (Phi) is 10.1. The molecule has 0 aromatic heterocycles. The van der Waals surface area contributed by atoms with E-state index in [0.717, 1.165) is 16.8 Å². The van der Waals surface area contributed by atoms with Crippen LogP contribution >= 0.6 is 12.6 Å². The van der Waals surface area contributed by atoms with E-state index in [1.165, 1.54) is 6.08 Å².